The standard InChI is InChI=1S/C21H32N4O2.2ClH/c1-24-12-14-25(15-13-24)21(27)16-18-2-5-19(6-3-18)23-20(26)7-4-17-8-10-22-11-9-17;;/h2-3,5-6,17,22H,4,7-16H2,1H3,(H,23,26);2*1H. The Morgan fingerprint density at radius 3 is 2.28 bits per heavy atom. The molecule has 3 rings (SSSR count). The SMILES string of the molecule is CN1CCN(C(=O)Cc2ccc(NC(=O)CCC3CCNCC3)cc2)CC1.Cl.Cl. The second kappa shape index (κ2) is 13.1. The number of anilines is 1. The quantitative estimate of drug-likeness (QED) is 0.707. The van der Waals surface area contributed by atoms with Crippen LogP contribution in [0.4, 0.5) is 5.69 Å². The number of piperidine rings is 1. The highest BCUT2D eigenvalue weighted by Gasteiger charge is 2.19. The number of hydrogen-bond acceptors (Lipinski definition) is 4. The summed E-state index contributed by atoms with van der Waals surface area (Å²) in [6.45, 7) is 5.63. The third kappa shape index (κ3) is 8.51. The highest BCUT2D eigenvalue weighted by Crippen LogP contribution is 2.18. The van der Waals surface area contributed by atoms with Gasteiger partial charge in [0, 0.05) is 38.3 Å². The molecule has 0 aromatic heterocycles. The molecule has 0 radical (unpaired) electrons. The first-order valence-corrected chi connectivity index (χ1v) is 10.2. The van der Waals surface area contributed by atoms with Gasteiger partial charge in [0.15, 0.2) is 0 Å². The fourth-order valence-corrected chi connectivity index (χ4v) is 3.78. The van der Waals surface area contributed by atoms with Crippen molar-refractivity contribution in [1.82, 2.24) is 15.1 Å². The summed E-state index contributed by atoms with van der Waals surface area (Å²) in [7, 11) is 2.08. The van der Waals surface area contributed by atoms with Crippen molar-refractivity contribution < 1.29 is 9.59 Å². The molecule has 164 valence electrons. The van der Waals surface area contributed by atoms with Crippen LogP contribution in [0.15, 0.2) is 24.3 Å². The number of hydrogen-bond donors (Lipinski definition) is 2. The second-order valence-corrected chi connectivity index (χ2v) is 7.84. The summed E-state index contributed by atoms with van der Waals surface area (Å²) in [4.78, 5) is 28.7. The van der Waals surface area contributed by atoms with Crippen LogP contribution >= 0.6 is 24.8 Å². The molecule has 2 saturated heterocycles. The zero-order valence-electron chi connectivity index (χ0n) is 17.2. The van der Waals surface area contributed by atoms with Crippen LogP contribution in [0.3, 0.4) is 0 Å². The maximum atomic E-state index is 12.4. The van der Waals surface area contributed by atoms with Gasteiger partial charge in [-0.2, -0.15) is 0 Å². The van der Waals surface area contributed by atoms with Gasteiger partial charge in [0.1, 0.15) is 0 Å². The molecule has 6 nitrogen and oxygen atoms in total. The van der Waals surface area contributed by atoms with Crippen molar-refractivity contribution in [2.75, 3.05) is 51.6 Å². The van der Waals surface area contributed by atoms with E-state index in [0.717, 1.165) is 56.9 Å². The fourth-order valence-electron chi connectivity index (χ4n) is 3.78. The Bertz CT molecular complexity index is 628. The summed E-state index contributed by atoms with van der Waals surface area (Å²) < 4.78 is 0. The van der Waals surface area contributed by atoms with Crippen molar-refractivity contribution in [2.45, 2.75) is 32.1 Å². The highest BCUT2D eigenvalue weighted by molar-refractivity contribution is 5.90. The molecule has 2 heterocycles. The minimum atomic E-state index is 0. The number of likely N-dealkylation sites (N-methyl/N-ethyl adjacent to an activating group) is 1. The number of rotatable bonds is 6. The number of carbonyl (C=O) groups is 2. The molecule has 0 spiro atoms. The van der Waals surface area contributed by atoms with Crippen LogP contribution in [-0.4, -0.2) is 67.9 Å². The summed E-state index contributed by atoms with van der Waals surface area (Å²) in [6, 6.07) is 7.68. The summed E-state index contributed by atoms with van der Waals surface area (Å²) in [6.07, 6.45) is 4.31. The van der Waals surface area contributed by atoms with Crippen molar-refractivity contribution >= 4 is 42.3 Å². The van der Waals surface area contributed by atoms with Crippen molar-refractivity contribution in [3.8, 4) is 0 Å². The van der Waals surface area contributed by atoms with Crippen LogP contribution in [0.2, 0.25) is 0 Å². The predicted octanol–water partition coefficient (Wildman–Crippen LogP) is 2.57. The van der Waals surface area contributed by atoms with E-state index in [0.29, 0.717) is 18.8 Å². The highest BCUT2D eigenvalue weighted by atomic mass is 35.5. The van der Waals surface area contributed by atoms with Crippen LogP contribution in [-0.2, 0) is 16.0 Å². The van der Waals surface area contributed by atoms with Gasteiger partial charge in [0.2, 0.25) is 11.8 Å². The van der Waals surface area contributed by atoms with Crippen LogP contribution < -0.4 is 10.6 Å². The maximum absolute atomic E-state index is 12.4. The van der Waals surface area contributed by atoms with E-state index in [-0.39, 0.29) is 36.6 Å². The Hall–Kier alpha value is -1.34. The van der Waals surface area contributed by atoms with E-state index in [1.165, 1.54) is 12.8 Å². The average molecular weight is 445 g/mol. The smallest absolute Gasteiger partial charge is 0.227 e. The van der Waals surface area contributed by atoms with Crippen molar-refractivity contribution in [1.29, 1.82) is 0 Å². The van der Waals surface area contributed by atoms with Gasteiger partial charge in [0.25, 0.3) is 0 Å². The largest absolute Gasteiger partial charge is 0.340 e. The minimum Gasteiger partial charge on any atom is -0.340 e. The molecule has 0 unspecified atom stereocenters. The lowest BCUT2D eigenvalue weighted by Gasteiger charge is -2.32. The molecule has 8 heteroatoms. The Balaban J connectivity index is 0.00000210. The molecular formula is C21H34Cl2N4O2. The Kier molecular flexibility index (Phi) is 11.6. The number of halogens is 2. The maximum Gasteiger partial charge on any atom is 0.227 e. The van der Waals surface area contributed by atoms with Crippen LogP contribution in [0.1, 0.15) is 31.2 Å². The van der Waals surface area contributed by atoms with E-state index in [2.05, 4.69) is 22.6 Å². The molecule has 1 aromatic carbocycles. The van der Waals surface area contributed by atoms with Gasteiger partial charge in [-0.25, -0.2) is 0 Å². The van der Waals surface area contributed by atoms with Crippen molar-refractivity contribution in [3.05, 3.63) is 29.8 Å². The number of nitrogens with one attached hydrogen (secondary N) is 2. The summed E-state index contributed by atoms with van der Waals surface area (Å²) in [5, 5.41) is 6.33. The van der Waals surface area contributed by atoms with Gasteiger partial charge in [0.05, 0.1) is 6.42 Å². The zero-order chi connectivity index (χ0) is 19.1. The molecule has 2 aliphatic rings. The van der Waals surface area contributed by atoms with Gasteiger partial charge in [-0.3, -0.25) is 9.59 Å². The van der Waals surface area contributed by atoms with Crippen LogP contribution in [0, 0.1) is 5.92 Å². The van der Waals surface area contributed by atoms with Crippen LogP contribution in [0.25, 0.3) is 0 Å². The third-order valence-corrected chi connectivity index (χ3v) is 5.69. The van der Waals surface area contributed by atoms with Crippen LogP contribution in [0.5, 0.6) is 0 Å². The van der Waals surface area contributed by atoms with E-state index in [1.807, 2.05) is 29.2 Å². The second-order valence-electron chi connectivity index (χ2n) is 7.84. The first-order valence-electron chi connectivity index (χ1n) is 10.2. The number of benzene rings is 1. The molecule has 2 aliphatic heterocycles. The normalized spacial score (nSPS) is 17.8. The van der Waals surface area contributed by atoms with Crippen molar-refractivity contribution in [2.24, 2.45) is 5.92 Å². The van der Waals surface area contributed by atoms with E-state index in [4.69, 9.17) is 0 Å². The van der Waals surface area contributed by atoms with E-state index < -0.39 is 0 Å². The monoisotopic (exact) mass is 444 g/mol. The molecule has 2 fully saturated rings. The van der Waals surface area contributed by atoms with Gasteiger partial charge < -0.3 is 20.4 Å². The lowest BCUT2D eigenvalue weighted by molar-refractivity contribution is -0.132. The van der Waals surface area contributed by atoms with Gasteiger partial charge in [-0.1, -0.05) is 12.1 Å². The molecule has 0 bridgehead atoms. The summed E-state index contributed by atoms with van der Waals surface area (Å²) in [5.74, 6) is 0.927. The van der Waals surface area contributed by atoms with Gasteiger partial charge >= 0.3 is 0 Å². The third-order valence-electron chi connectivity index (χ3n) is 5.69. The predicted molar refractivity (Wildman–Crippen MR) is 122 cm³/mol. The molecule has 2 N–H and O–H groups in total. The topological polar surface area (TPSA) is 64.7 Å². The molecule has 0 saturated carbocycles. The van der Waals surface area contributed by atoms with Crippen molar-refractivity contribution in [3.63, 3.8) is 0 Å². The Labute approximate surface area is 186 Å². The Morgan fingerprint density at radius 2 is 1.66 bits per heavy atom. The van der Waals surface area contributed by atoms with E-state index in [1.54, 1.807) is 0 Å². The number of carbonyl (C=O) groups excluding carboxylic acids is 2. The summed E-state index contributed by atoms with van der Waals surface area (Å²) >= 11 is 0. The van der Waals surface area contributed by atoms with Gasteiger partial charge in [-0.05, 0) is 63.0 Å². The zero-order valence-corrected chi connectivity index (χ0v) is 18.8. The van der Waals surface area contributed by atoms with E-state index >= 15 is 0 Å². The lowest BCUT2D eigenvalue weighted by Crippen LogP contribution is -2.47. The van der Waals surface area contributed by atoms with E-state index in [9.17, 15) is 9.59 Å². The number of amides is 2. The molecule has 29 heavy (non-hydrogen) atoms. The molecule has 1 aromatic rings. The molecular weight excluding hydrogens is 411 g/mol. The fraction of sp³-hybridized carbons (Fsp3) is 0.619. The summed E-state index contributed by atoms with van der Waals surface area (Å²) in [5.41, 5.74) is 1.80. The first-order chi connectivity index (χ1) is 13.1. The minimum absolute atomic E-state index is 0. The average Bonchev–Trinajstić information content (AvgIpc) is 2.69. The number of nitrogens with zero attached hydrogens (tertiary/aromatic N) is 2. The first kappa shape index (κ1) is 25.7. The lowest BCUT2D eigenvalue weighted by atomic mass is 9.93. The molecule has 0 aliphatic carbocycles. The Morgan fingerprint density at radius 1 is 1.03 bits per heavy atom. The van der Waals surface area contributed by atoms with Gasteiger partial charge in [-0.15, -0.1) is 24.8 Å². The molecule has 0 atom stereocenters. The number of piperazine rings is 1. The molecule has 2 amide bonds.